The first-order valence-corrected chi connectivity index (χ1v) is 6.30. The van der Waals surface area contributed by atoms with Crippen LogP contribution in [0.5, 0.6) is 0 Å². The van der Waals surface area contributed by atoms with Gasteiger partial charge in [0.05, 0.1) is 6.61 Å². The van der Waals surface area contributed by atoms with Crippen molar-refractivity contribution in [3.63, 3.8) is 0 Å². The Kier molecular flexibility index (Phi) is 5.34. The lowest BCUT2D eigenvalue weighted by Crippen LogP contribution is -2.22. The largest absolute Gasteiger partial charge is 0.395 e. The molecular weight excluding hydrogens is 228 g/mol. The Bertz CT molecular complexity index is 362. The van der Waals surface area contributed by atoms with E-state index in [2.05, 4.69) is 36.1 Å². The molecule has 0 aliphatic carbocycles. The topological polar surface area (TPSA) is 61.3 Å². The molecular formula is C13H24N4O. The van der Waals surface area contributed by atoms with E-state index >= 15 is 0 Å². The van der Waals surface area contributed by atoms with Crippen LogP contribution >= 0.6 is 0 Å². The van der Waals surface area contributed by atoms with Crippen molar-refractivity contribution in [2.24, 2.45) is 5.41 Å². The van der Waals surface area contributed by atoms with Crippen LogP contribution in [0.25, 0.3) is 0 Å². The van der Waals surface area contributed by atoms with Crippen LogP contribution in [0.3, 0.4) is 0 Å². The summed E-state index contributed by atoms with van der Waals surface area (Å²) in [5.41, 5.74) is 0.316. The quantitative estimate of drug-likeness (QED) is 0.807. The van der Waals surface area contributed by atoms with Gasteiger partial charge < -0.3 is 15.3 Å². The molecule has 0 unspecified atom stereocenters. The van der Waals surface area contributed by atoms with Crippen LogP contribution < -0.4 is 10.2 Å². The van der Waals surface area contributed by atoms with Crippen LogP contribution in [0.1, 0.15) is 27.2 Å². The van der Waals surface area contributed by atoms with E-state index in [1.165, 1.54) is 0 Å². The fraction of sp³-hybridized carbons (Fsp3) is 0.692. The summed E-state index contributed by atoms with van der Waals surface area (Å²) in [6.07, 6.45) is 2.63. The van der Waals surface area contributed by atoms with Crippen molar-refractivity contribution in [3.05, 3.63) is 12.4 Å². The highest BCUT2D eigenvalue weighted by Crippen LogP contribution is 2.18. The van der Waals surface area contributed by atoms with Crippen molar-refractivity contribution in [1.29, 1.82) is 0 Å². The van der Waals surface area contributed by atoms with Crippen molar-refractivity contribution in [2.75, 3.05) is 37.0 Å². The molecule has 0 bridgehead atoms. The van der Waals surface area contributed by atoms with Gasteiger partial charge >= 0.3 is 0 Å². The number of likely N-dealkylation sites (N-methyl/N-ethyl adjacent to an activating group) is 1. The van der Waals surface area contributed by atoms with Gasteiger partial charge in [0.1, 0.15) is 18.0 Å². The summed E-state index contributed by atoms with van der Waals surface area (Å²) in [6.45, 7) is 8.23. The van der Waals surface area contributed by atoms with Crippen LogP contribution in [-0.2, 0) is 0 Å². The second-order valence-corrected chi connectivity index (χ2v) is 5.64. The maximum Gasteiger partial charge on any atom is 0.133 e. The number of nitrogens with one attached hydrogen (secondary N) is 1. The molecule has 0 atom stereocenters. The molecule has 0 fully saturated rings. The highest BCUT2D eigenvalue weighted by molar-refractivity contribution is 5.47. The SMILES string of the molecule is CN(CCO)c1cc(NCCC(C)(C)C)ncn1. The standard InChI is InChI=1S/C13H24N4O/c1-13(2,3)5-6-14-11-9-12(16-10-15-11)17(4)7-8-18/h9-10,18H,5-8H2,1-4H3,(H,14,15,16). The summed E-state index contributed by atoms with van der Waals surface area (Å²) < 4.78 is 0. The van der Waals surface area contributed by atoms with E-state index in [0.717, 1.165) is 24.6 Å². The fourth-order valence-electron chi connectivity index (χ4n) is 1.48. The van der Waals surface area contributed by atoms with Gasteiger partial charge in [0, 0.05) is 26.2 Å². The molecule has 0 amide bonds. The molecule has 0 saturated carbocycles. The van der Waals surface area contributed by atoms with Gasteiger partial charge in [-0.25, -0.2) is 9.97 Å². The molecule has 102 valence electrons. The minimum atomic E-state index is 0.118. The van der Waals surface area contributed by atoms with Gasteiger partial charge in [-0.05, 0) is 11.8 Å². The minimum absolute atomic E-state index is 0.118. The number of hydrogen-bond donors (Lipinski definition) is 2. The summed E-state index contributed by atoms with van der Waals surface area (Å²) in [4.78, 5) is 10.3. The zero-order valence-corrected chi connectivity index (χ0v) is 11.8. The fourth-order valence-corrected chi connectivity index (χ4v) is 1.48. The van der Waals surface area contributed by atoms with E-state index < -0.39 is 0 Å². The second kappa shape index (κ2) is 6.54. The molecule has 0 aliphatic heterocycles. The molecule has 1 rings (SSSR count). The second-order valence-electron chi connectivity index (χ2n) is 5.64. The lowest BCUT2D eigenvalue weighted by molar-refractivity contribution is 0.304. The summed E-state index contributed by atoms with van der Waals surface area (Å²) in [6, 6.07) is 1.90. The third kappa shape index (κ3) is 5.31. The number of rotatable bonds is 6. The van der Waals surface area contributed by atoms with Crippen LogP contribution in [0.4, 0.5) is 11.6 Å². The Labute approximate surface area is 109 Å². The van der Waals surface area contributed by atoms with E-state index in [9.17, 15) is 0 Å². The molecule has 18 heavy (non-hydrogen) atoms. The van der Waals surface area contributed by atoms with Gasteiger partial charge in [0.2, 0.25) is 0 Å². The average molecular weight is 252 g/mol. The Morgan fingerprint density at radius 2 is 2.06 bits per heavy atom. The molecule has 0 aliphatic rings. The monoisotopic (exact) mass is 252 g/mol. The molecule has 0 saturated heterocycles. The number of aliphatic hydroxyl groups excluding tert-OH is 1. The van der Waals surface area contributed by atoms with Gasteiger partial charge in [-0.3, -0.25) is 0 Å². The number of nitrogens with zero attached hydrogens (tertiary/aromatic N) is 3. The van der Waals surface area contributed by atoms with E-state index in [0.29, 0.717) is 12.0 Å². The summed E-state index contributed by atoms with van der Waals surface area (Å²) >= 11 is 0. The summed E-state index contributed by atoms with van der Waals surface area (Å²) in [7, 11) is 1.90. The van der Waals surface area contributed by atoms with E-state index in [-0.39, 0.29) is 6.61 Å². The molecule has 1 aromatic rings. The molecule has 0 aromatic carbocycles. The Morgan fingerprint density at radius 3 is 2.67 bits per heavy atom. The predicted octanol–water partition coefficient (Wildman–Crippen LogP) is 1.75. The Balaban J connectivity index is 2.54. The number of aromatic nitrogens is 2. The van der Waals surface area contributed by atoms with Gasteiger partial charge in [-0.2, -0.15) is 0 Å². The average Bonchev–Trinajstić information content (AvgIpc) is 2.28. The number of hydrogen-bond acceptors (Lipinski definition) is 5. The highest BCUT2D eigenvalue weighted by atomic mass is 16.3. The first-order chi connectivity index (χ1) is 8.42. The lowest BCUT2D eigenvalue weighted by Gasteiger charge is -2.19. The predicted molar refractivity (Wildman–Crippen MR) is 74.9 cm³/mol. The van der Waals surface area contributed by atoms with Crippen molar-refractivity contribution < 1.29 is 5.11 Å². The highest BCUT2D eigenvalue weighted by Gasteiger charge is 2.09. The van der Waals surface area contributed by atoms with Crippen LogP contribution in [0.2, 0.25) is 0 Å². The van der Waals surface area contributed by atoms with Crippen molar-refractivity contribution in [1.82, 2.24) is 9.97 Å². The molecule has 2 N–H and O–H groups in total. The summed E-state index contributed by atoms with van der Waals surface area (Å²) in [5.74, 6) is 1.64. The molecule has 0 spiro atoms. The molecule has 1 aromatic heterocycles. The molecule has 0 radical (unpaired) electrons. The third-order valence-corrected chi connectivity index (χ3v) is 2.66. The van der Waals surface area contributed by atoms with Crippen LogP contribution in [0.15, 0.2) is 12.4 Å². The molecule has 5 nitrogen and oxygen atoms in total. The van der Waals surface area contributed by atoms with Crippen LogP contribution in [-0.4, -0.2) is 41.8 Å². The smallest absolute Gasteiger partial charge is 0.133 e. The van der Waals surface area contributed by atoms with Crippen molar-refractivity contribution in [2.45, 2.75) is 27.2 Å². The number of aliphatic hydroxyl groups is 1. The normalized spacial score (nSPS) is 11.4. The van der Waals surface area contributed by atoms with Crippen LogP contribution in [0, 0.1) is 5.41 Å². The molecule has 1 heterocycles. The zero-order valence-electron chi connectivity index (χ0n) is 11.8. The van der Waals surface area contributed by atoms with E-state index in [1.54, 1.807) is 6.33 Å². The van der Waals surface area contributed by atoms with Gasteiger partial charge in [0.25, 0.3) is 0 Å². The van der Waals surface area contributed by atoms with Crippen molar-refractivity contribution >= 4 is 11.6 Å². The Hall–Kier alpha value is -1.36. The summed E-state index contributed by atoms with van der Waals surface area (Å²) in [5, 5.41) is 12.2. The molecule has 5 heteroatoms. The minimum Gasteiger partial charge on any atom is -0.395 e. The first kappa shape index (κ1) is 14.7. The Morgan fingerprint density at radius 1 is 1.33 bits per heavy atom. The number of anilines is 2. The first-order valence-electron chi connectivity index (χ1n) is 6.30. The maximum absolute atomic E-state index is 8.90. The maximum atomic E-state index is 8.90. The van der Waals surface area contributed by atoms with Gasteiger partial charge in [-0.15, -0.1) is 0 Å². The van der Waals surface area contributed by atoms with Gasteiger partial charge in [0.15, 0.2) is 0 Å². The van der Waals surface area contributed by atoms with Crippen molar-refractivity contribution in [3.8, 4) is 0 Å². The lowest BCUT2D eigenvalue weighted by atomic mass is 9.92. The van der Waals surface area contributed by atoms with E-state index in [4.69, 9.17) is 5.11 Å². The van der Waals surface area contributed by atoms with Gasteiger partial charge in [-0.1, -0.05) is 20.8 Å². The van der Waals surface area contributed by atoms with E-state index in [1.807, 2.05) is 18.0 Å². The zero-order chi connectivity index (χ0) is 13.6. The third-order valence-electron chi connectivity index (χ3n) is 2.66.